The van der Waals surface area contributed by atoms with Crippen LogP contribution in [0.1, 0.15) is 34.5 Å². The molecule has 0 saturated carbocycles. The van der Waals surface area contributed by atoms with Crippen molar-refractivity contribution in [3.05, 3.63) is 71.0 Å². The van der Waals surface area contributed by atoms with Crippen LogP contribution in [0, 0.1) is 5.82 Å². The predicted molar refractivity (Wildman–Crippen MR) is 68.9 cm³/mol. The van der Waals surface area contributed by atoms with E-state index in [2.05, 4.69) is 0 Å². The molecule has 0 heterocycles. The van der Waals surface area contributed by atoms with E-state index in [-0.39, 0.29) is 17.4 Å². The second kappa shape index (κ2) is 5.10. The predicted octanol–water partition coefficient (Wildman–Crippen LogP) is 3.08. The molecule has 92 valence electrons. The number of nitrogens with two attached hydrogens (primary N) is 1. The summed E-state index contributed by atoms with van der Waals surface area (Å²) in [6.07, 6.45) is 0. The number of rotatable bonds is 3. The van der Waals surface area contributed by atoms with Gasteiger partial charge in [-0.25, -0.2) is 4.39 Å². The molecule has 2 aromatic rings. The van der Waals surface area contributed by atoms with Crippen molar-refractivity contribution in [2.75, 3.05) is 0 Å². The van der Waals surface area contributed by atoms with Crippen LogP contribution in [0.15, 0.2) is 48.5 Å². The minimum atomic E-state index is -0.501. The van der Waals surface area contributed by atoms with Gasteiger partial charge < -0.3 is 5.73 Å². The Balaban J connectivity index is 2.32. The molecule has 0 spiro atoms. The maximum Gasteiger partial charge on any atom is 0.195 e. The van der Waals surface area contributed by atoms with Crippen LogP contribution in [0.5, 0.6) is 0 Å². The Morgan fingerprint density at radius 2 is 1.72 bits per heavy atom. The molecule has 0 aliphatic rings. The first kappa shape index (κ1) is 12.5. The lowest BCUT2D eigenvalue weighted by molar-refractivity contribution is 0.103. The SMILES string of the molecule is CC(N)c1ccc(C(=O)c2ccccc2F)cc1. The van der Waals surface area contributed by atoms with Gasteiger partial charge in [0, 0.05) is 11.6 Å². The van der Waals surface area contributed by atoms with Crippen LogP contribution in [0.3, 0.4) is 0 Å². The first-order valence-electron chi connectivity index (χ1n) is 5.74. The Morgan fingerprint density at radius 1 is 1.11 bits per heavy atom. The van der Waals surface area contributed by atoms with Gasteiger partial charge in [0.15, 0.2) is 5.78 Å². The van der Waals surface area contributed by atoms with Crippen molar-refractivity contribution in [1.29, 1.82) is 0 Å². The summed E-state index contributed by atoms with van der Waals surface area (Å²) in [7, 11) is 0. The maximum absolute atomic E-state index is 13.5. The molecular formula is C15H14FNO. The van der Waals surface area contributed by atoms with E-state index >= 15 is 0 Å². The van der Waals surface area contributed by atoms with E-state index < -0.39 is 5.82 Å². The van der Waals surface area contributed by atoms with Crippen LogP contribution >= 0.6 is 0 Å². The number of carbonyl (C=O) groups excluding carboxylic acids is 1. The molecule has 0 bridgehead atoms. The molecule has 0 radical (unpaired) electrons. The van der Waals surface area contributed by atoms with Crippen molar-refractivity contribution >= 4 is 5.78 Å². The summed E-state index contributed by atoms with van der Waals surface area (Å²) in [5, 5.41) is 0. The molecule has 0 aliphatic heterocycles. The van der Waals surface area contributed by atoms with Crippen molar-refractivity contribution in [3.63, 3.8) is 0 Å². The summed E-state index contributed by atoms with van der Waals surface area (Å²) in [4.78, 5) is 12.1. The monoisotopic (exact) mass is 243 g/mol. The van der Waals surface area contributed by atoms with Crippen LogP contribution in [-0.4, -0.2) is 5.78 Å². The first-order valence-corrected chi connectivity index (χ1v) is 5.74. The zero-order chi connectivity index (χ0) is 13.1. The second-order valence-electron chi connectivity index (χ2n) is 4.22. The Labute approximate surface area is 105 Å². The Kier molecular flexibility index (Phi) is 3.53. The number of halogens is 1. The highest BCUT2D eigenvalue weighted by atomic mass is 19.1. The molecule has 2 nitrogen and oxygen atoms in total. The minimum absolute atomic E-state index is 0.0809. The molecule has 2 rings (SSSR count). The van der Waals surface area contributed by atoms with Crippen molar-refractivity contribution in [3.8, 4) is 0 Å². The lowest BCUT2D eigenvalue weighted by Crippen LogP contribution is -2.07. The Hall–Kier alpha value is -2.00. The fourth-order valence-electron chi connectivity index (χ4n) is 1.74. The van der Waals surface area contributed by atoms with Crippen LogP contribution in [0.25, 0.3) is 0 Å². The van der Waals surface area contributed by atoms with E-state index in [1.165, 1.54) is 12.1 Å². The third kappa shape index (κ3) is 2.46. The summed E-state index contributed by atoms with van der Waals surface area (Å²) in [5.74, 6) is -0.817. The molecule has 0 amide bonds. The van der Waals surface area contributed by atoms with Crippen molar-refractivity contribution in [2.45, 2.75) is 13.0 Å². The molecule has 0 fully saturated rings. The Bertz CT molecular complexity index is 561. The van der Waals surface area contributed by atoms with E-state index in [0.29, 0.717) is 5.56 Å². The molecule has 0 aromatic heterocycles. The van der Waals surface area contributed by atoms with Gasteiger partial charge in [-0.3, -0.25) is 4.79 Å². The van der Waals surface area contributed by atoms with Gasteiger partial charge in [0.2, 0.25) is 0 Å². The number of carbonyl (C=O) groups is 1. The largest absolute Gasteiger partial charge is 0.324 e. The molecule has 1 atom stereocenters. The van der Waals surface area contributed by atoms with Gasteiger partial charge in [0.25, 0.3) is 0 Å². The zero-order valence-corrected chi connectivity index (χ0v) is 10.1. The summed E-state index contributed by atoms with van der Waals surface area (Å²) >= 11 is 0. The zero-order valence-electron chi connectivity index (χ0n) is 10.1. The molecule has 18 heavy (non-hydrogen) atoms. The lowest BCUT2D eigenvalue weighted by atomic mass is 10.00. The normalized spacial score (nSPS) is 12.2. The summed E-state index contributed by atoms with van der Waals surface area (Å²) in [6.45, 7) is 1.87. The van der Waals surface area contributed by atoms with E-state index in [1.807, 2.05) is 6.92 Å². The van der Waals surface area contributed by atoms with Crippen molar-refractivity contribution < 1.29 is 9.18 Å². The molecular weight excluding hydrogens is 229 g/mol. The third-order valence-electron chi connectivity index (χ3n) is 2.82. The van der Waals surface area contributed by atoms with Gasteiger partial charge >= 0.3 is 0 Å². The van der Waals surface area contributed by atoms with E-state index in [4.69, 9.17) is 5.73 Å². The van der Waals surface area contributed by atoms with Gasteiger partial charge in [-0.2, -0.15) is 0 Å². The molecule has 1 unspecified atom stereocenters. The van der Waals surface area contributed by atoms with Crippen molar-refractivity contribution in [1.82, 2.24) is 0 Å². The van der Waals surface area contributed by atoms with E-state index in [9.17, 15) is 9.18 Å². The van der Waals surface area contributed by atoms with E-state index in [1.54, 1.807) is 36.4 Å². The number of hydrogen-bond acceptors (Lipinski definition) is 2. The molecule has 0 saturated heterocycles. The van der Waals surface area contributed by atoms with Crippen LogP contribution in [-0.2, 0) is 0 Å². The van der Waals surface area contributed by atoms with Crippen LogP contribution < -0.4 is 5.73 Å². The maximum atomic E-state index is 13.5. The smallest absolute Gasteiger partial charge is 0.195 e. The van der Waals surface area contributed by atoms with Gasteiger partial charge in [-0.1, -0.05) is 36.4 Å². The first-order chi connectivity index (χ1) is 8.59. The van der Waals surface area contributed by atoms with Crippen molar-refractivity contribution in [2.24, 2.45) is 5.73 Å². The fraction of sp³-hybridized carbons (Fsp3) is 0.133. The summed E-state index contributed by atoms with van der Waals surface area (Å²) < 4.78 is 13.5. The van der Waals surface area contributed by atoms with Gasteiger partial charge in [0.05, 0.1) is 5.56 Å². The van der Waals surface area contributed by atoms with Crippen LogP contribution in [0.2, 0.25) is 0 Å². The van der Waals surface area contributed by atoms with Gasteiger partial charge in [0.1, 0.15) is 5.82 Å². The minimum Gasteiger partial charge on any atom is -0.324 e. The molecule has 0 aliphatic carbocycles. The molecule has 2 aromatic carbocycles. The number of ketones is 1. The fourth-order valence-corrected chi connectivity index (χ4v) is 1.74. The highest BCUT2D eigenvalue weighted by molar-refractivity contribution is 6.09. The van der Waals surface area contributed by atoms with Gasteiger partial charge in [-0.05, 0) is 24.6 Å². The second-order valence-corrected chi connectivity index (χ2v) is 4.22. The molecule has 3 heteroatoms. The quantitative estimate of drug-likeness (QED) is 0.842. The van der Waals surface area contributed by atoms with Crippen LogP contribution in [0.4, 0.5) is 4.39 Å². The van der Waals surface area contributed by atoms with Gasteiger partial charge in [-0.15, -0.1) is 0 Å². The average Bonchev–Trinajstić information content (AvgIpc) is 2.38. The van der Waals surface area contributed by atoms with E-state index in [0.717, 1.165) is 5.56 Å². The lowest BCUT2D eigenvalue weighted by Gasteiger charge is -2.07. The Morgan fingerprint density at radius 3 is 2.28 bits per heavy atom. The molecule has 2 N–H and O–H groups in total. The average molecular weight is 243 g/mol. The summed E-state index contributed by atoms with van der Waals surface area (Å²) in [5.41, 5.74) is 7.23. The highest BCUT2D eigenvalue weighted by Crippen LogP contribution is 2.16. The number of benzene rings is 2. The highest BCUT2D eigenvalue weighted by Gasteiger charge is 2.13. The third-order valence-corrected chi connectivity index (χ3v) is 2.82. The standard InChI is InChI=1S/C15H14FNO/c1-10(17)11-6-8-12(9-7-11)15(18)13-4-2-3-5-14(13)16/h2-10H,17H2,1H3. The topological polar surface area (TPSA) is 43.1 Å². The summed E-state index contributed by atoms with van der Waals surface area (Å²) in [6, 6.07) is 12.8. The number of hydrogen-bond donors (Lipinski definition) is 1.